The first-order valence-electron chi connectivity index (χ1n) is 10.8. The molecule has 2 N–H and O–H groups in total. The molecule has 5 heteroatoms. The summed E-state index contributed by atoms with van der Waals surface area (Å²) < 4.78 is 11.2. The molecule has 1 saturated heterocycles. The van der Waals surface area contributed by atoms with Gasteiger partial charge in [0.05, 0.1) is 27.4 Å². The number of hydrogen-bond acceptors (Lipinski definition) is 5. The number of fused-ring (bicyclic) bond motifs is 7. The van der Waals surface area contributed by atoms with Crippen molar-refractivity contribution in [2.24, 2.45) is 0 Å². The van der Waals surface area contributed by atoms with Crippen LogP contribution in [0.5, 0.6) is 11.5 Å². The number of ether oxygens (including phenoxy) is 2. The van der Waals surface area contributed by atoms with Crippen molar-refractivity contribution in [3.8, 4) is 11.5 Å². The van der Waals surface area contributed by atoms with Crippen molar-refractivity contribution < 1.29 is 19.7 Å². The fraction of sp³-hybridized carbons (Fsp3) is 0.440. The second-order valence-electron chi connectivity index (χ2n) is 8.52. The molecule has 1 fully saturated rings. The Kier molecular flexibility index (Phi) is 5.05. The van der Waals surface area contributed by atoms with Crippen LogP contribution in [-0.4, -0.2) is 41.9 Å². The van der Waals surface area contributed by atoms with Crippen LogP contribution < -0.4 is 9.47 Å². The summed E-state index contributed by atoms with van der Waals surface area (Å²) in [6, 6.07) is 8.88. The molecule has 0 aliphatic carbocycles. The highest BCUT2D eigenvalue weighted by Gasteiger charge is 2.31. The number of benzene rings is 3. The predicted molar refractivity (Wildman–Crippen MR) is 118 cm³/mol. The maximum absolute atomic E-state index is 9.91. The van der Waals surface area contributed by atoms with E-state index in [9.17, 15) is 10.2 Å². The zero-order chi connectivity index (χ0) is 20.8. The largest absolute Gasteiger partial charge is 0.496 e. The molecule has 3 aromatic rings. The molecule has 2 aliphatic rings. The van der Waals surface area contributed by atoms with Crippen molar-refractivity contribution in [2.45, 2.75) is 51.5 Å². The molecule has 5 nitrogen and oxygen atoms in total. The van der Waals surface area contributed by atoms with Gasteiger partial charge in [0.25, 0.3) is 0 Å². The Balaban J connectivity index is 1.88. The number of rotatable bonds is 4. The lowest BCUT2D eigenvalue weighted by molar-refractivity contribution is 0.128. The molecule has 1 atom stereocenters. The first-order chi connectivity index (χ1) is 14.7. The van der Waals surface area contributed by atoms with Crippen molar-refractivity contribution in [2.75, 3.05) is 20.8 Å². The normalized spacial score (nSPS) is 19.0. The van der Waals surface area contributed by atoms with Crippen molar-refractivity contribution in [3.05, 3.63) is 46.5 Å². The third-order valence-corrected chi connectivity index (χ3v) is 7.04. The Morgan fingerprint density at radius 3 is 2.00 bits per heavy atom. The quantitative estimate of drug-likeness (QED) is 0.642. The van der Waals surface area contributed by atoms with Crippen molar-refractivity contribution in [1.29, 1.82) is 0 Å². The van der Waals surface area contributed by atoms with Gasteiger partial charge < -0.3 is 19.7 Å². The molecular formula is C25H29NO4. The van der Waals surface area contributed by atoms with Crippen LogP contribution in [0.25, 0.3) is 21.5 Å². The van der Waals surface area contributed by atoms with E-state index >= 15 is 0 Å². The molecule has 0 radical (unpaired) electrons. The van der Waals surface area contributed by atoms with Crippen LogP contribution in [0.4, 0.5) is 0 Å². The minimum absolute atomic E-state index is 0.0723. The summed E-state index contributed by atoms with van der Waals surface area (Å²) in [5.41, 5.74) is 4.31. The highest BCUT2D eigenvalue weighted by Crippen LogP contribution is 2.43. The number of hydrogen-bond donors (Lipinski definition) is 2. The van der Waals surface area contributed by atoms with E-state index < -0.39 is 0 Å². The smallest absolute Gasteiger partial charge is 0.125 e. The van der Waals surface area contributed by atoms with Crippen LogP contribution >= 0.6 is 0 Å². The fourth-order valence-corrected chi connectivity index (χ4v) is 5.50. The molecule has 0 spiro atoms. The Bertz CT molecular complexity index is 1040. The summed E-state index contributed by atoms with van der Waals surface area (Å²) in [4.78, 5) is 2.63. The SMILES string of the molecule is COc1cc2c3c(c4cc(OC)c(CO)cc4c2cc1CO)CN1CCCCC1C3. The van der Waals surface area contributed by atoms with Gasteiger partial charge in [0.2, 0.25) is 0 Å². The monoisotopic (exact) mass is 407 g/mol. The van der Waals surface area contributed by atoms with Gasteiger partial charge in [-0.05, 0) is 82.7 Å². The molecule has 1 unspecified atom stereocenters. The Morgan fingerprint density at radius 2 is 1.43 bits per heavy atom. The van der Waals surface area contributed by atoms with E-state index in [-0.39, 0.29) is 13.2 Å². The van der Waals surface area contributed by atoms with E-state index in [1.807, 2.05) is 6.07 Å². The highest BCUT2D eigenvalue weighted by molar-refractivity contribution is 6.12. The summed E-state index contributed by atoms with van der Waals surface area (Å²) in [6.45, 7) is 1.95. The van der Waals surface area contributed by atoms with Crippen molar-refractivity contribution >= 4 is 21.5 Å². The minimum Gasteiger partial charge on any atom is -0.496 e. The van der Waals surface area contributed by atoms with Gasteiger partial charge in [0.15, 0.2) is 0 Å². The summed E-state index contributed by atoms with van der Waals surface area (Å²) in [6.07, 6.45) is 4.85. The third kappa shape index (κ3) is 2.96. The molecule has 3 aromatic carbocycles. The molecule has 158 valence electrons. The Labute approximate surface area is 176 Å². The van der Waals surface area contributed by atoms with Gasteiger partial charge in [-0.25, -0.2) is 0 Å². The lowest BCUT2D eigenvalue weighted by Crippen LogP contribution is -2.43. The van der Waals surface area contributed by atoms with Gasteiger partial charge in [-0.1, -0.05) is 6.42 Å². The van der Waals surface area contributed by atoms with E-state index in [1.165, 1.54) is 41.2 Å². The van der Waals surface area contributed by atoms with Crippen molar-refractivity contribution in [3.63, 3.8) is 0 Å². The average Bonchev–Trinajstić information content (AvgIpc) is 2.81. The molecular weight excluding hydrogens is 378 g/mol. The van der Waals surface area contributed by atoms with Gasteiger partial charge in [-0.2, -0.15) is 0 Å². The summed E-state index contributed by atoms with van der Waals surface area (Å²) in [5.74, 6) is 1.46. The minimum atomic E-state index is -0.0745. The lowest BCUT2D eigenvalue weighted by atomic mass is 9.82. The summed E-state index contributed by atoms with van der Waals surface area (Å²) in [5, 5.41) is 24.4. The topological polar surface area (TPSA) is 62.2 Å². The van der Waals surface area contributed by atoms with Gasteiger partial charge in [0.1, 0.15) is 11.5 Å². The van der Waals surface area contributed by atoms with E-state index in [2.05, 4.69) is 23.1 Å². The van der Waals surface area contributed by atoms with Gasteiger partial charge in [-0.3, -0.25) is 4.90 Å². The zero-order valence-electron chi connectivity index (χ0n) is 17.7. The first-order valence-corrected chi connectivity index (χ1v) is 10.8. The molecule has 2 heterocycles. The highest BCUT2D eigenvalue weighted by atomic mass is 16.5. The van der Waals surface area contributed by atoms with Crippen LogP contribution in [0, 0.1) is 0 Å². The number of aliphatic hydroxyl groups excluding tert-OH is 2. The summed E-state index contributed by atoms with van der Waals surface area (Å²) in [7, 11) is 3.31. The van der Waals surface area contributed by atoms with Gasteiger partial charge in [-0.15, -0.1) is 0 Å². The zero-order valence-corrected chi connectivity index (χ0v) is 17.7. The third-order valence-electron chi connectivity index (χ3n) is 7.04. The number of aliphatic hydroxyl groups is 2. The van der Waals surface area contributed by atoms with E-state index in [0.717, 1.165) is 52.9 Å². The first kappa shape index (κ1) is 19.6. The Morgan fingerprint density at radius 1 is 0.833 bits per heavy atom. The summed E-state index contributed by atoms with van der Waals surface area (Å²) >= 11 is 0. The van der Waals surface area contributed by atoms with Gasteiger partial charge >= 0.3 is 0 Å². The van der Waals surface area contributed by atoms with Crippen LogP contribution in [0.15, 0.2) is 24.3 Å². The van der Waals surface area contributed by atoms with Crippen molar-refractivity contribution in [1.82, 2.24) is 4.90 Å². The molecule has 5 rings (SSSR count). The second-order valence-corrected chi connectivity index (χ2v) is 8.52. The molecule has 0 amide bonds. The second kappa shape index (κ2) is 7.73. The van der Waals surface area contributed by atoms with E-state index in [0.29, 0.717) is 6.04 Å². The van der Waals surface area contributed by atoms with Crippen LogP contribution in [0.3, 0.4) is 0 Å². The molecule has 30 heavy (non-hydrogen) atoms. The van der Waals surface area contributed by atoms with Crippen LogP contribution in [0.1, 0.15) is 41.5 Å². The molecule has 2 aliphatic heterocycles. The maximum Gasteiger partial charge on any atom is 0.125 e. The standard InChI is InChI=1S/C25H29NO4/c1-29-24-10-21-18(7-15(24)13-27)19-8-16(14-28)25(30-2)11-22(19)23-12-26-6-4-3-5-17(26)9-20(21)23/h7-8,10-11,17,27-28H,3-6,9,12-14H2,1-2H3. The average molecular weight is 408 g/mol. The molecule has 0 bridgehead atoms. The number of nitrogens with zero attached hydrogens (tertiary/aromatic N) is 1. The Hall–Kier alpha value is -2.34. The predicted octanol–water partition coefficient (Wildman–Crippen LogP) is 3.91. The number of methoxy groups -OCH3 is 2. The fourth-order valence-electron chi connectivity index (χ4n) is 5.50. The lowest BCUT2D eigenvalue weighted by Gasteiger charge is -2.41. The number of piperidine rings is 1. The van der Waals surface area contributed by atoms with Crippen LogP contribution in [-0.2, 0) is 26.2 Å². The molecule has 0 saturated carbocycles. The maximum atomic E-state index is 9.91. The van der Waals surface area contributed by atoms with Crippen LogP contribution in [0.2, 0.25) is 0 Å². The van der Waals surface area contributed by atoms with Gasteiger partial charge in [0, 0.05) is 23.7 Å². The van der Waals surface area contributed by atoms with E-state index in [4.69, 9.17) is 9.47 Å². The molecule has 0 aromatic heterocycles. The van der Waals surface area contributed by atoms with E-state index in [1.54, 1.807) is 14.2 Å².